The Morgan fingerprint density at radius 3 is 2.85 bits per heavy atom. The molecule has 0 bridgehead atoms. The van der Waals surface area contributed by atoms with Crippen molar-refractivity contribution in [1.29, 1.82) is 0 Å². The first kappa shape index (κ1) is 10.8. The van der Waals surface area contributed by atoms with Gasteiger partial charge in [0.2, 0.25) is 0 Å². The Kier molecular flexibility index (Phi) is 4.56. The smallest absolute Gasteiger partial charge is 0.120 e. The van der Waals surface area contributed by atoms with E-state index in [0.717, 1.165) is 12.2 Å². The molecule has 0 aliphatic heterocycles. The fourth-order valence-electron chi connectivity index (χ4n) is 1.24. The van der Waals surface area contributed by atoms with Gasteiger partial charge in [0.05, 0.1) is 6.10 Å². The van der Waals surface area contributed by atoms with Crippen LogP contribution < -0.4 is 4.74 Å². The summed E-state index contributed by atoms with van der Waals surface area (Å²) >= 11 is 2.29. The van der Waals surface area contributed by atoms with Crippen molar-refractivity contribution >= 4 is 22.6 Å². The van der Waals surface area contributed by atoms with Gasteiger partial charge in [0.15, 0.2) is 0 Å². The van der Waals surface area contributed by atoms with E-state index >= 15 is 0 Å². The third kappa shape index (κ3) is 3.98. The summed E-state index contributed by atoms with van der Waals surface area (Å²) < 4.78 is 6.95. The third-order valence-electron chi connectivity index (χ3n) is 1.83. The zero-order valence-corrected chi connectivity index (χ0v) is 10.2. The van der Waals surface area contributed by atoms with Crippen molar-refractivity contribution in [3.05, 3.63) is 27.8 Å². The molecule has 0 aromatic heterocycles. The Morgan fingerprint density at radius 2 is 2.23 bits per heavy atom. The summed E-state index contributed by atoms with van der Waals surface area (Å²) in [6.07, 6.45) is 2.61. The van der Waals surface area contributed by atoms with Crippen molar-refractivity contribution in [3.8, 4) is 5.75 Å². The SMILES string of the molecule is CCCC(C)Oc1cccc(I)c1. The maximum Gasteiger partial charge on any atom is 0.120 e. The number of rotatable bonds is 4. The van der Waals surface area contributed by atoms with Gasteiger partial charge >= 0.3 is 0 Å². The van der Waals surface area contributed by atoms with Crippen molar-refractivity contribution in [2.75, 3.05) is 0 Å². The monoisotopic (exact) mass is 290 g/mol. The molecule has 0 fully saturated rings. The van der Waals surface area contributed by atoms with Gasteiger partial charge in [-0.2, -0.15) is 0 Å². The fourth-order valence-corrected chi connectivity index (χ4v) is 1.75. The van der Waals surface area contributed by atoms with Crippen molar-refractivity contribution in [2.45, 2.75) is 32.8 Å². The summed E-state index contributed by atoms with van der Waals surface area (Å²) in [5.74, 6) is 0.979. The normalized spacial score (nSPS) is 12.5. The summed E-state index contributed by atoms with van der Waals surface area (Å²) in [5, 5.41) is 0. The molecule has 72 valence electrons. The molecule has 1 nitrogen and oxygen atoms in total. The predicted molar refractivity (Wildman–Crippen MR) is 64.2 cm³/mol. The lowest BCUT2D eigenvalue weighted by molar-refractivity contribution is 0.210. The number of ether oxygens (including phenoxy) is 1. The van der Waals surface area contributed by atoms with Gasteiger partial charge in [-0.1, -0.05) is 19.4 Å². The van der Waals surface area contributed by atoms with Crippen LogP contribution in [0.15, 0.2) is 24.3 Å². The van der Waals surface area contributed by atoms with Gasteiger partial charge in [-0.15, -0.1) is 0 Å². The zero-order valence-electron chi connectivity index (χ0n) is 8.09. The van der Waals surface area contributed by atoms with Gasteiger partial charge in [0.1, 0.15) is 5.75 Å². The minimum atomic E-state index is 0.322. The second kappa shape index (κ2) is 5.47. The van der Waals surface area contributed by atoms with Crippen molar-refractivity contribution < 1.29 is 4.74 Å². The first-order valence-corrected chi connectivity index (χ1v) is 5.72. The second-order valence-electron chi connectivity index (χ2n) is 3.17. The molecule has 1 unspecified atom stereocenters. The molecule has 0 saturated carbocycles. The third-order valence-corrected chi connectivity index (χ3v) is 2.50. The van der Waals surface area contributed by atoms with E-state index in [1.54, 1.807) is 0 Å². The van der Waals surface area contributed by atoms with Gasteiger partial charge in [-0.3, -0.25) is 0 Å². The van der Waals surface area contributed by atoms with Gasteiger partial charge in [-0.05, 0) is 54.1 Å². The van der Waals surface area contributed by atoms with E-state index in [4.69, 9.17) is 4.74 Å². The van der Waals surface area contributed by atoms with E-state index in [0.29, 0.717) is 6.10 Å². The Bertz CT molecular complexity index is 260. The van der Waals surface area contributed by atoms with Crippen LogP contribution in [0.25, 0.3) is 0 Å². The molecule has 0 aliphatic rings. The average Bonchev–Trinajstić information content (AvgIpc) is 2.04. The molecule has 0 radical (unpaired) electrons. The molecule has 0 saturated heterocycles. The molecule has 13 heavy (non-hydrogen) atoms. The Balaban J connectivity index is 2.53. The lowest BCUT2D eigenvalue weighted by Gasteiger charge is -2.13. The predicted octanol–water partition coefficient (Wildman–Crippen LogP) is 3.86. The molecule has 1 atom stereocenters. The van der Waals surface area contributed by atoms with Crippen LogP contribution in [0.1, 0.15) is 26.7 Å². The number of hydrogen-bond donors (Lipinski definition) is 0. The minimum Gasteiger partial charge on any atom is -0.491 e. The first-order valence-electron chi connectivity index (χ1n) is 4.64. The summed E-state index contributed by atoms with van der Waals surface area (Å²) in [6.45, 7) is 4.29. The Morgan fingerprint density at radius 1 is 1.46 bits per heavy atom. The molecule has 2 heteroatoms. The molecule has 1 rings (SSSR count). The molecule has 0 spiro atoms. The largest absolute Gasteiger partial charge is 0.491 e. The lowest BCUT2D eigenvalue weighted by atomic mass is 10.2. The highest BCUT2D eigenvalue weighted by molar-refractivity contribution is 14.1. The molecule has 0 aliphatic carbocycles. The van der Waals surface area contributed by atoms with Gasteiger partial charge in [0, 0.05) is 3.57 Å². The molecular weight excluding hydrogens is 275 g/mol. The van der Waals surface area contributed by atoms with Gasteiger partial charge < -0.3 is 4.74 Å². The van der Waals surface area contributed by atoms with Crippen LogP contribution in [0.3, 0.4) is 0 Å². The number of hydrogen-bond acceptors (Lipinski definition) is 1. The van der Waals surface area contributed by atoms with Crippen LogP contribution in [0.2, 0.25) is 0 Å². The van der Waals surface area contributed by atoms with Gasteiger partial charge in [-0.25, -0.2) is 0 Å². The second-order valence-corrected chi connectivity index (χ2v) is 4.42. The maximum absolute atomic E-state index is 5.73. The minimum absolute atomic E-state index is 0.322. The first-order chi connectivity index (χ1) is 6.22. The average molecular weight is 290 g/mol. The van der Waals surface area contributed by atoms with Crippen LogP contribution in [0.5, 0.6) is 5.75 Å². The van der Waals surface area contributed by atoms with Crippen molar-refractivity contribution in [3.63, 3.8) is 0 Å². The summed E-state index contributed by atoms with van der Waals surface area (Å²) in [5.41, 5.74) is 0. The van der Waals surface area contributed by atoms with E-state index in [2.05, 4.69) is 48.6 Å². The van der Waals surface area contributed by atoms with Crippen molar-refractivity contribution in [2.24, 2.45) is 0 Å². The van der Waals surface area contributed by atoms with Crippen LogP contribution in [0.4, 0.5) is 0 Å². The van der Waals surface area contributed by atoms with Gasteiger partial charge in [0.25, 0.3) is 0 Å². The van der Waals surface area contributed by atoms with E-state index < -0.39 is 0 Å². The topological polar surface area (TPSA) is 9.23 Å². The summed E-state index contributed by atoms with van der Waals surface area (Å²) in [6, 6.07) is 8.16. The molecule has 0 amide bonds. The summed E-state index contributed by atoms with van der Waals surface area (Å²) in [4.78, 5) is 0. The number of halogens is 1. The highest BCUT2D eigenvalue weighted by Gasteiger charge is 2.01. The molecule has 1 aromatic carbocycles. The van der Waals surface area contributed by atoms with Crippen LogP contribution in [0, 0.1) is 3.57 Å². The zero-order chi connectivity index (χ0) is 9.68. The quantitative estimate of drug-likeness (QED) is 0.765. The maximum atomic E-state index is 5.73. The summed E-state index contributed by atoms with van der Waals surface area (Å²) in [7, 11) is 0. The highest BCUT2D eigenvalue weighted by atomic mass is 127. The lowest BCUT2D eigenvalue weighted by Crippen LogP contribution is -2.10. The van der Waals surface area contributed by atoms with E-state index in [-0.39, 0.29) is 0 Å². The number of benzene rings is 1. The van der Waals surface area contributed by atoms with Crippen molar-refractivity contribution in [1.82, 2.24) is 0 Å². The highest BCUT2D eigenvalue weighted by Crippen LogP contribution is 2.17. The standard InChI is InChI=1S/C11H15IO/c1-3-5-9(2)13-11-7-4-6-10(12)8-11/h4,6-9H,3,5H2,1-2H3. The van der Waals surface area contributed by atoms with Crippen LogP contribution >= 0.6 is 22.6 Å². The molecular formula is C11H15IO. The Labute approximate surface area is 93.6 Å². The molecule has 0 N–H and O–H groups in total. The Hall–Kier alpha value is -0.250. The fraction of sp³-hybridized carbons (Fsp3) is 0.455. The molecule has 1 aromatic rings. The van der Waals surface area contributed by atoms with E-state index in [1.807, 2.05) is 12.1 Å². The molecule has 0 heterocycles. The van der Waals surface area contributed by atoms with Crippen LogP contribution in [-0.2, 0) is 0 Å². The van der Waals surface area contributed by atoms with Crippen LogP contribution in [-0.4, -0.2) is 6.10 Å². The van der Waals surface area contributed by atoms with E-state index in [9.17, 15) is 0 Å². The van der Waals surface area contributed by atoms with E-state index in [1.165, 1.54) is 9.99 Å².